The first-order valence-corrected chi connectivity index (χ1v) is 7.50. The molecule has 0 unspecified atom stereocenters. The molecule has 1 heterocycles. The van der Waals surface area contributed by atoms with Crippen LogP contribution in [0.15, 0.2) is 18.2 Å². The summed E-state index contributed by atoms with van der Waals surface area (Å²) in [6.45, 7) is 3.98. The lowest BCUT2D eigenvalue weighted by Gasteiger charge is -2.15. The van der Waals surface area contributed by atoms with Crippen LogP contribution in [0.2, 0.25) is 0 Å². The Morgan fingerprint density at radius 1 is 1.37 bits per heavy atom. The van der Waals surface area contributed by atoms with Gasteiger partial charge < -0.3 is 10.1 Å². The molecule has 1 aliphatic rings. The largest absolute Gasteiger partial charge is 0.497 e. The number of aryl methyl sites for hydroxylation is 2. The molecule has 19 heavy (non-hydrogen) atoms. The van der Waals surface area contributed by atoms with Crippen molar-refractivity contribution in [3.8, 4) is 17.0 Å². The van der Waals surface area contributed by atoms with Crippen LogP contribution in [0.3, 0.4) is 0 Å². The Morgan fingerprint density at radius 2 is 2.26 bits per heavy atom. The maximum absolute atomic E-state index is 5.30. The fourth-order valence-electron chi connectivity index (χ4n) is 2.47. The minimum atomic E-state index is 0.875. The van der Waals surface area contributed by atoms with Crippen molar-refractivity contribution in [2.45, 2.75) is 26.3 Å². The number of thiazole rings is 1. The molecule has 0 saturated carbocycles. The highest BCUT2D eigenvalue weighted by atomic mass is 32.1. The first-order chi connectivity index (χ1) is 9.31. The van der Waals surface area contributed by atoms with E-state index < -0.39 is 0 Å². The molecule has 0 bridgehead atoms. The molecule has 3 nitrogen and oxygen atoms in total. The average Bonchev–Trinajstić information content (AvgIpc) is 2.87. The predicted octanol–water partition coefficient (Wildman–Crippen LogP) is 3.03. The van der Waals surface area contributed by atoms with Crippen molar-refractivity contribution in [1.82, 2.24) is 10.3 Å². The molecule has 1 aliphatic carbocycles. The van der Waals surface area contributed by atoms with Crippen molar-refractivity contribution >= 4 is 11.3 Å². The molecule has 4 heteroatoms. The molecule has 1 aromatic heterocycles. The van der Waals surface area contributed by atoms with Gasteiger partial charge >= 0.3 is 0 Å². The number of nitrogens with one attached hydrogen (secondary N) is 1. The zero-order valence-electron chi connectivity index (χ0n) is 11.3. The van der Waals surface area contributed by atoms with Crippen molar-refractivity contribution in [2.24, 2.45) is 0 Å². The molecule has 100 valence electrons. The molecule has 2 aromatic rings. The lowest BCUT2D eigenvalue weighted by molar-refractivity contribution is 0.414. The first kappa shape index (κ1) is 12.6. The van der Waals surface area contributed by atoms with E-state index in [9.17, 15) is 0 Å². The molecule has 3 rings (SSSR count). The van der Waals surface area contributed by atoms with Gasteiger partial charge in [-0.3, -0.25) is 0 Å². The quantitative estimate of drug-likeness (QED) is 0.930. The van der Waals surface area contributed by atoms with Crippen LogP contribution in [0, 0.1) is 0 Å². The van der Waals surface area contributed by atoms with Crippen LogP contribution in [-0.2, 0) is 19.4 Å². The van der Waals surface area contributed by atoms with E-state index in [0.29, 0.717) is 0 Å². The van der Waals surface area contributed by atoms with Crippen LogP contribution in [0.1, 0.15) is 22.4 Å². The third-order valence-corrected chi connectivity index (χ3v) is 4.57. The smallest absolute Gasteiger partial charge is 0.119 e. The number of ether oxygens (including phenoxy) is 1. The number of hydrogen-bond acceptors (Lipinski definition) is 4. The molecule has 0 fully saturated rings. The number of rotatable bonds is 4. The average molecular weight is 274 g/mol. The maximum Gasteiger partial charge on any atom is 0.119 e. The highest BCUT2D eigenvalue weighted by Gasteiger charge is 2.20. The monoisotopic (exact) mass is 274 g/mol. The number of aromatic nitrogens is 1. The summed E-state index contributed by atoms with van der Waals surface area (Å²) >= 11 is 1.84. The predicted molar refractivity (Wildman–Crippen MR) is 78.9 cm³/mol. The summed E-state index contributed by atoms with van der Waals surface area (Å²) in [5, 5.41) is 4.53. The van der Waals surface area contributed by atoms with E-state index in [2.05, 4.69) is 24.4 Å². The van der Waals surface area contributed by atoms with Gasteiger partial charge in [0.2, 0.25) is 0 Å². The zero-order valence-corrected chi connectivity index (χ0v) is 12.1. The van der Waals surface area contributed by atoms with Crippen LogP contribution in [0.5, 0.6) is 5.75 Å². The highest BCUT2D eigenvalue weighted by molar-refractivity contribution is 7.12. The number of fused-ring (bicyclic) bond motifs is 3. The summed E-state index contributed by atoms with van der Waals surface area (Å²) in [4.78, 5) is 6.22. The normalized spacial score (nSPS) is 12.9. The van der Waals surface area contributed by atoms with E-state index in [1.54, 1.807) is 7.11 Å². The first-order valence-electron chi connectivity index (χ1n) is 6.68. The SMILES string of the molecule is CCNCc1nc2c(s1)CCc1cc(OC)ccc1-2. The van der Waals surface area contributed by atoms with Crippen LogP contribution in [0.25, 0.3) is 11.3 Å². The van der Waals surface area contributed by atoms with Gasteiger partial charge in [0.1, 0.15) is 10.8 Å². The molecular weight excluding hydrogens is 256 g/mol. The fraction of sp³-hybridized carbons (Fsp3) is 0.400. The van der Waals surface area contributed by atoms with Crippen molar-refractivity contribution in [3.05, 3.63) is 33.6 Å². The van der Waals surface area contributed by atoms with Gasteiger partial charge in [-0.25, -0.2) is 4.98 Å². The van der Waals surface area contributed by atoms with Gasteiger partial charge in [0.15, 0.2) is 0 Å². The Balaban J connectivity index is 1.96. The zero-order chi connectivity index (χ0) is 13.2. The maximum atomic E-state index is 5.30. The summed E-state index contributed by atoms with van der Waals surface area (Å²) < 4.78 is 5.30. The Kier molecular flexibility index (Phi) is 3.53. The van der Waals surface area contributed by atoms with Gasteiger partial charge in [-0.05, 0) is 43.1 Å². The lowest BCUT2D eigenvalue weighted by atomic mass is 9.93. The molecule has 0 radical (unpaired) electrons. The standard InChI is InChI=1S/C15H18N2OS/c1-3-16-9-14-17-15-12-6-5-11(18-2)8-10(12)4-7-13(15)19-14/h5-6,8,16H,3-4,7,9H2,1-2H3. The van der Waals surface area contributed by atoms with Gasteiger partial charge in [0.25, 0.3) is 0 Å². The van der Waals surface area contributed by atoms with E-state index in [1.807, 2.05) is 17.4 Å². The topological polar surface area (TPSA) is 34.2 Å². The van der Waals surface area contributed by atoms with Crippen molar-refractivity contribution in [1.29, 1.82) is 0 Å². The van der Waals surface area contributed by atoms with Gasteiger partial charge in [-0.1, -0.05) is 6.92 Å². The molecule has 0 saturated heterocycles. The van der Waals surface area contributed by atoms with E-state index in [4.69, 9.17) is 9.72 Å². The van der Waals surface area contributed by atoms with E-state index in [-0.39, 0.29) is 0 Å². The van der Waals surface area contributed by atoms with Gasteiger partial charge in [0.05, 0.1) is 12.8 Å². The number of nitrogens with zero attached hydrogens (tertiary/aromatic N) is 1. The van der Waals surface area contributed by atoms with Gasteiger partial charge in [0, 0.05) is 17.0 Å². The minimum Gasteiger partial charge on any atom is -0.497 e. The lowest BCUT2D eigenvalue weighted by Crippen LogP contribution is -2.11. The van der Waals surface area contributed by atoms with Gasteiger partial charge in [-0.2, -0.15) is 0 Å². The van der Waals surface area contributed by atoms with Crippen LogP contribution < -0.4 is 10.1 Å². The summed E-state index contributed by atoms with van der Waals surface area (Å²) in [6.07, 6.45) is 2.18. The molecule has 0 atom stereocenters. The molecule has 1 N–H and O–H groups in total. The summed E-state index contributed by atoms with van der Waals surface area (Å²) in [6, 6.07) is 6.31. The van der Waals surface area contributed by atoms with E-state index >= 15 is 0 Å². The van der Waals surface area contributed by atoms with Crippen molar-refractivity contribution < 1.29 is 4.74 Å². The summed E-state index contributed by atoms with van der Waals surface area (Å²) in [7, 11) is 1.72. The second kappa shape index (κ2) is 5.31. The van der Waals surface area contributed by atoms with Crippen molar-refractivity contribution in [3.63, 3.8) is 0 Å². The second-order valence-electron chi connectivity index (χ2n) is 4.68. The van der Waals surface area contributed by atoms with Crippen LogP contribution >= 0.6 is 11.3 Å². The Hall–Kier alpha value is -1.39. The second-order valence-corrected chi connectivity index (χ2v) is 5.85. The minimum absolute atomic E-state index is 0.875. The third kappa shape index (κ3) is 2.38. The molecule has 0 aliphatic heterocycles. The van der Waals surface area contributed by atoms with Gasteiger partial charge in [-0.15, -0.1) is 11.3 Å². The van der Waals surface area contributed by atoms with Crippen LogP contribution in [-0.4, -0.2) is 18.6 Å². The molecule has 1 aromatic carbocycles. The van der Waals surface area contributed by atoms with Crippen molar-refractivity contribution in [2.75, 3.05) is 13.7 Å². The number of methoxy groups -OCH3 is 1. The Bertz CT molecular complexity index is 592. The number of hydrogen-bond donors (Lipinski definition) is 1. The Labute approximate surface area is 117 Å². The summed E-state index contributed by atoms with van der Waals surface area (Å²) in [5.74, 6) is 0.935. The van der Waals surface area contributed by atoms with E-state index in [1.165, 1.54) is 26.7 Å². The van der Waals surface area contributed by atoms with E-state index in [0.717, 1.165) is 31.7 Å². The third-order valence-electron chi connectivity index (χ3n) is 3.46. The molecule has 0 spiro atoms. The Morgan fingerprint density at radius 3 is 3.05 bits per heavy atom. The highest BCUT2D eigenvalue weighted by Crippen LogP contribution is 2.37. The fourth-order valence-corrected chi connectivity index (χ4v) is 3.52. The number of benzene rings is 1. The van der Waals surface area contributed by atoms with Crippen LogP contribution in [0.4, 0.5) is 0 Å². The molecular formula is C15H18N2OS. The summed E-state index contributed by atoms with van der Waals surface area (Å²) in [5.41, 5.74) is 3.81. The molecule has 0 amide bonds.